The van der Waals surface area contributed by atoms with Crippen molar-refractivity contribution < 1.29 is 19.4 Å². The van der Waals surface area contributed by atoms with Gasteiger partial charge in [0.2, 0.25) is 0 Å². The second-order valence-electron chi connectivity index (χ2n) is 4.54. The van der Waals surface area contributed by atoms with Crippen LogP contribution in [0.15, 0.2) is 36.9 Å². The van der Waals surface area contributed by atoms with Crippen molar-refractivity contribution in [3.05, 3.63) is 42.5 Å². The number of carbonyl (C=O) groups excluding carboxylic acids is 1. The number of hydrogen-bond acceptors (Lipinski definition) is 3. The number of hydrogen-bond donors (Lipinski definition) is 1. The van der Waals surface area contributed by atoms with Gasteiger partial charge >= 0.3 is 5.97 Å². The average molecular weight is 277 g/mol. The number of aliphatic carboxylic acids is 1. The number of amides is 1. The molecule has 0 aliphatic heterocycles. The lowest BCUT2D eigenvalue weighted by Crippen LogP contribution is -2.40. The summed E-state index contributed by atoms with van der Waals surface area (Å²) in [6, 6.07) is 6.41. The first-order valence-corrected chi connectivity index (χ1v) is 6.32. The Balaban J connectivity index is 2.83. The predicted molar refractivity (Wildman–Crippen MR) is 75.9 cm³/mol. The Hall–Kier alpha value is -2.30. The van der Waals surface area contributed by atoms with E-state index in [0.29, 0.717) is 17.9 Å². The molecule has 0 aliphatic carbocycles. The Bertz CT molecular complexity index is 479. The summed E-state index contributed by atoms with van der Waals surface area (Å²) in [7, 11) is 0. The average Bonchev–Trinajstić information content (AvgIpc) is 2.42. The van der Waals surface area contributed by atoms with Crippen LogP contribution < -0.4 is 4.74 Å². The van der Waals surface area contributed by atoms with Gasteiger partial charge in [0.1, 0.15) is 18.9 Å². The number of ether oxygens (including phenoxy) is 1. The van der Waals surface area contributed by atoms with Gasteiger partial charge < -0.3 is 14.7 Å². The van der Waals surface area contributed by atoms with E-state index in [2.05, 4.69) is 6.58 Å². The fraction of sp³-hybridized carbons (Fsp3) is 0.333. The van der Waals surface area contributed by atoms with Crippen LogP contribution >= 0.6 is 0 Å². The van der Waals surface area contributed by atoms with Gasteiger partial charge in [-0.3, -0.25) is 9.59 Å². The van der Waals surface area contributed by atoms with Crippen molar-refractivity contribution in [3.8, 4) is 5.75 Å². The van der Waals surface area contributed by atoms with Crippen LogP contribution in [0.25, 0.3) is 0 Å². The molecule has 0 fully saturated rings. The molecule has 0 saturated heterocycles. The van der Waals surface area contributed by atoms with Crippen molar-refractivity contribution in [2.24, 2.45) is 0 Å². The fourth-order valence-corrected chi connectivity index (χ4v) is 1.65. The first-order valence-electron chi connectivity index (χ1n) is 6.32. The first kappa shape index (κ1) is 15.8. The highest BCUT2D eigenvalue weighted by Crippen LogP contribution is 2.15. The molecule has 0 atom stereocenters. The van der Waals surface area contributed by atoms with E-state index in [9.17, 15) is 9.59 Å². The SMILES string of the molecule is C=CCOc1ccc(C(=O)N(CC(=O)O)C(C)C)cc1. The minimum absolute atomic E-state index is 0.185. The zero-order valence-corrected chi connectivity index (χ0v) is 11.7. The highest BCUT2D eigenvalue weighted by molar-refractivity contribution is 5.96. The van der Waals surface area contributed by atoms with E-state index in [1.165, 1.54) is 4.90 Å². The summed E-state index contributed by atoms with van der Waals surface area (Å²) < 4.78 is 5.33. The van der Waals surface area contributed by atoms with Crippen LogP contribution in [0.4, 0.5) is 0 Å². The molecule has 0 bridgehead atoms. The maximum absolute atomic E-state index is 12.3. The van der Waals surface area contributed by atoms with Gasteiger partial charge in [0, 0.05) is 11.6 Å². The van der Waals surface area contributed by atoms with Crippen LogP contribution in [0.3, 0.4) is 0 Å². The molecule has 1 aromatic rings. The summed E-state index contributed by atoms with van der Waals surface area (Å²) in [6.45, 7) is 7.19. The highest BCUT2D eigenvalue weighted by Gasteiger charge is 2.21. The number of carboxylic acid groups (broad SMARTS) is 1. The number of carboxylic acids is 1. The van der Waals surface area contributed by atoms with E-state index < -0.39 is 5.97 Å². The molecule has 0 unspecified atom stereocenters. The molecule has 108 valence electrons. The first-order chi connectivity index (χ1) is 9.45. The Morgan fingerprint density at radius 1 is 1.35 bits per heavy atom. The third kappa shape index (κ3) is 4.42. The smallest absolute Gasteiger partial charge is 0.323 e. The summed E-state index contributed by atoms with van der Waals surface area (Å²) in [5.41, 5.74) is 0.436. The lowest BCUT2D eigenvalue weighted by molar-refractivity contribution is -0.138. The lowest BCUT2D eigenvalue weighted by atomic mass is 10.1. The third-order valence-corrected chi connectivity index (χ3v) is 2.66. The third-order valence-electron chi connectivity index (χ3n) is 2.66. The van der Waals surface area contributed by atoms with Gasteiger partial charge in [-0.2, -0.15) is 0 Å². The monoisotopic (exact) mass is 277 g/mol. The second kappa shape index (κ2) is 7.33. The number of rotatable bonds is 7. The molecule has 0 heterocycles. The second-order valence-corrected chi connectivity index (χ2v) is 4.54. The van der Waals surface area contributed by atoms with Crippen molar-refractivity contribution in [1.82, 2.24) is 4.90 Å². The maximum Gasteiger partial charge on any atom is 0.323 e. The van der Waals surface area contributed by atoms with Crippen molar-refractivity contribution in [1.29, 1.82) is 0 Å². The Morgan fingerprint density at radius 2 is 1.95 bits per heavy atom. The van der Waals surface area contributed by atoms with Crippen LogP contribution in [0.2, 0.25) is 0 Å². The maximum atomic E-state index is 12.3. The van der Waals surface area contributed by atoms with Crippen LogP contribution in [0.5, 0.6) is 5.75 Å². The van der Waals surface area contributed by atoms with Gasteiger partial charge in [0.05, 0.1) is 0 Å². The van der Waals surface area contributed by atoms with E-state index >= 15 is 0 Å². The molecular weight excluding hydrogens is 258 g/mol. The zero-order chi connectivity index (χ0) is 15.1. The van der Waals surface area contributed by atoms with Gasteiger partial charge in [-0.05, 0) is 38.1 Å². The van der Waals surface area contributed by atoms with Crippen LogP contribution in [-0.4, -0.2) is 41.1 Å². The number of benzene rings is 1. The molecule has 1 aromatic carbocycles. The van der Waals surface area contributed by atoms with Crippen molar-refractivity contribution in [2.75, 3.05) is 13.2 Å². The van der Waals surface area contributed by atoms with E-state index in [-0.39, 0.29) is 18.5 Å². The molecular formula is C15H19NO4. The summed E-state index contributed by atoms with van der Waals surface area (Å²) in [4.78, 5) is 24.4. The molecule has 1 rings (SSSR count). The Morgan fingerprint density at radius 3 is 2.40 bits per heavy atom. The predicted octanol–water partition coefficient (Wildman–Crippen LogP) is 2.19. The quantitative estimate of drug-likeness (QED) is 0.776. The molecule has 1 amide bonds. The van der Waals surface area contributed by atoms with Crippen LogP contribution in [0, 0.1) is 0 Å². The largest absolute Gasteiger partial charge is 0.490 e. The lowest BCUT2D eigenvalue weighted by Gasteiger charge is -2.25. The Kier molecular flexibility index (Phi) is 5.77. The van der Waals surface area contributed by atoms with E-state index in [4.69, 9.17) is 9.84 Å². The van der Waals surface area contributed by atoms with Gasteiger partial charge in [0.25, 0.3) is 5.91 Å². The van der Waals surface area contributed by atoms with E-state index in [1.807, 2.05) is 0 Å². The summed E-state index contributed by atoms with van der Waals surface area (Å²) >= 11 is 0. The van der Waals surface area contributed by atoms with Gasteiger partial charge in [0.15, 0.2) is 0 Å². The molecule has 5 heteroatoms. The minimum atomic E-state index is -1.03. The summed E-state index contributed by atoms with van der Waals surface area (Å²) in [5, 5.41) is 8.85. The van der Waals surface area contributed by atoms with Gasteiger partial charge in [-0.1, -0.05) is 12.7 Å². The Labute approximate surface area is 118 Å². The number of nitrogens with zero attached hydrogens (tertiary/aromatic N) is 1. The van der Waals surface area contributed by atoms with Gasteiger partial charge in [-0.15, -0.1) is 0 Å². The van der Waals surface area contributed by atoms with Crippen LogP contribution in [0.1, 0.15) is 24.2 Å². The zero-order valence-electron chi connectivity index (χ0n) is 11.7. The normalized spacial score (nSPS) is 10.2. The molecule has 0 spiro atoms. The molecule has 1 N–H and O–H groups in total. The van der Waals surface area contributed by atoms with Crippen molar-refractivity contribution >= 4 is 11.9 Å². The van der Waals surface area contributed by atoms with E-state index in [0.717, 1.165) is 0 Å². The van der Waals surface area contributed by atoms with Crippen LogP contribution in [-0.2, 0) is 4.79 Å². The molecule has 20 heavy (non-hydrogen) atoms. The standard InChI is InChI=1S/C15H19NO4/c1-4-9-20-13-7-5-12(6-8-13)15(19)16(11(2)3)10-14(17)18/h4-8,11H,1,9-10H2,2-3H3,(H,17,18). The van der Waals surface area contributed by atoms with E-state index in [1.54, 1.807) is 44.2 Å². The summed E-state index contributed by atoms with van der Waals surface area (Å²) in [5.74, 6) is -0.702. The molecule has 0 aromatic heterocycles. The molecule has 0 saturated carbocycles. The van der Waals surface area contributed by atoms with Gasteiger partial charge in [-0.25, -0.2) is 0 Å². The summed E-state index contributed by atoms with van der Waals surface area (Å²) in [6.07, 6.45) is 1.63. The highest BCUT2D eigenvalue weighted by atomic mass is 16.5. The number of carbonyl (C=O) groups is 2. The van der Waals surface area contributed by atoms with Crippen molar-refractivity contribution in [2.45, 2.75) is 19.9 Å². The molecule has 0 aliphatic rings. The molecule has 5 nitrogen and oxygen atoms in total. The fourth-order valence-electron chi connectivity index (χ4n) is 1.65. The minimum Gasteiger partial charge on any atom is -0.490 e. The van der Waals surface area contributed by atoms with Crippen molar-refractivity contribution in [3.63, 3.8) is 0 Å². The topological polar surface area (TPSA) is 66.8 Å². The molecule has 0 radical (unpaired) electrons.